The maximum Gasteiger partial charge on any atom is 0.338 e. The van der Waals surface area contributed by atoms with Gasteiger partial charge in [0.1, 0.15) is 0 Å². The van der Waals surface area contributed by atoms with Gasteiger partial charge in [-0.3, -0.25) is 4.79 Å². The van der Waals surface area contributed by atoms with Crippen LogP contribution >= 0.6 is 0 Å². The van der Waals surface area contributed by atoms with Crippen LogP contribution in [-0.4, -0.2) is 57.4 Å². The second-order valence-electron chi connectivity index (χ2n) is 7.41. The van der Waals surface area contributed by atoms with Crippen molar-refractivity contribution in [2.45, 2.75) is 39.5 Å². The monoisotopic (exact) mass is 475 g/mol. The van der Waals surface area contributed by atoms with Crippen LogP contribution in [0.2, 0.25) is 0 Å². The Balaban J connectivity index is 2.04. The van der Waals surface area contributed by atoms with Crippen LogP contribution in [-0.2, 0) is 19.6 Å². The Morgan fingerprint density at radius 3 is 2.06 bits per heavy atom. The molecule has 0 saturated heterocycles. The Hall–Kier alpha value is -2.91. The summed E-state index contributed by atoms with van der Waals surface area (Å²) in [4.78, 5) is 26.9. The summed E-state index contributed by atoms with van der Waals surface area (Å²) in [6.07, 6.45) is 0. The molecule has 2 aromatic rings. The summed E-state index contributed by atoms with van der Waals surface area (Å²) in [6.45, 7) is 11.3. The number of carbonyl (C=O) groups excluding carboxylic acids is 2. The van der Waals surface area contributed by atoms with E-state index in [1.807, 2.05) is 12.1 Å². The van der Waals surface area contributed by atoms with Crippen LogP contribution in [0.15, 0.2) is 47.4 Å². The number of ether oxygens (including phenoxy) is 1. The van der Waals surface area contributed by atoms with Crippen molar-refractivity contribution in [3.8, 4) is 0 Å². The highest BCUT2D eigenvalue weighted by Gasteiger charge is 2.22. The largest absolute Gasteiger partial charge is 0.452 e. The van der Waals surface area contributed by atoms with Crippen LogP contribution in [0.1, 0.15) is 43.6 Å². The molecule has 0 fully saturated rings. The van der Waals surface area contributed by atoms with Gasteiger partial charge in [-0.15, -0.1) is 0 Å². The van der Waals surface area contributed by atoms with Crippen LogP contribution in [0.5, 0.6) is 0 Å². The topological polar surface area (TPSA) is 96.0 Å². The van der Waals surface area contributed by atoms with E-state index >= 15 is 0 Å². The normalized spacial score (nSPS) is 11.3. The number of hydrogen-bond acceptors (Lipinski definition) is 6. The van der Waals surface area contributed by atoms with Crippen LogP contribution < -0.4 is 10.2 Å². The molecule has 0 aliphatic rings. The van der Waals surface area contributed by atoms with E-state index in [0.717, 1.165) is 18.8 Å². The van der Waals surface area contributed by atoms with E-state index in [2.05, 4.69) is 24.1 Å². The van der Waals surface area contributed by atoms with E-state index in [1.54, 1.807) is 39.0 Å². The zero-order valence-electron chi connectivity index (χ0n) is 19.9. The van der Waals surface area contributed by atoms with Crippen molar-refractivity contribution in [2.24, 2.45) is 0 Å². The molecule has 33 heavy (non-hydrogen) atoms. The van der Waals surface area contributed by atoms with Gasteiger partial charge in [0, 0.05) is 37.6 Å². The molecule has 0 spiro atoms. The fourth-order valence-corrected chi connectivity index (χ4v) is 4.89. The van der Waals surface area contributed by atoms with Gasteiger partial charge in [-0.2, -0.15) is 4.31 Å². The van der Waals surface area contributed by atoms with Gasteiger partial charge in [-0.25, -0.2) is 13.2 Å². The van der Waals surface area contributed by atoms with Crippen LogP contribution in [0.3, 0.4) is 0 Å². The summed E-state index contributed by atoms with van der Waals surface area (Å²) < 4.78 is 32.0. The average Bonchev–Trinajstić information content (AvgIpc) is 2.80. The Labute approximate surface area is 196 Å². The highest BCUT2D eigenvalue weighted by Crippen LogP contribution is 2.23. The second kappa shape index (κ2) is 11.8. The van der Waals surface area contributed by atoms with E-state index in [9.17, 15) is 18.0 Å². The quantitative estimate of drug-likeness (QED) is 0.498. The van der Waals surface area contributed by atoms with Crippen LogP contribution in [0.25, 0.3) is 0 Å². The molecule has 180 valence electrons. The smallest absolute Gasteiger partial charge is 0.338 e. The molecule has 0 radical (unpaired) electrons. The number of aryl methyl sites for hydroxylation is 1. The lowest BCUT2D eigenvalue weighted by Crippen LogP contribution is -2.30. The minimum Gasteiger partial charge on any atom is -0.452 e. The van der Waals surface area contributed by atoms with E-state index in [1.165, 1.54) is 16.4 Å². The Morgan fingerprint density at radius 1 is 0.909 bits per heavy atom. The third kappa shape index (κ3) is 6.55. The maximum atomic E-state index is 12.8. The number of anilines is 2. The predicted molar refractivity (Wildman–Crippen MR) is 130 cm³/mol. The number of nitrogens with one attached hydrogen (secondary N) is 1. The van der Waals surface area contributed by atoms with Crippen molar-refractivity contribution in [1.29, 1.82) is 0 Å². The molecule has 8 nitrogen and oxygen atoms in total. The first-order valence-electron chi connectivity index (χ1n) is 11.1. The summed E-state index contributed by atoms with van der Waals surface area (Å²) in [6, 6.07) is 11.6. The Kier molecular flexibility index (Phi) is 9.43. The lowest BCUT2D eigenvalue weighted by atomic mass is 10.2. The highest BCUT2D eigenvalue weighted by molar-refractivity contribution is 7.89. The molecule has 2 rings (SSSR count). The Morgan fingerprint density at radius 2 is 1.52 bits per heavy atom. The number of rotatable bonds is 11. The molecule has 0 bridgehead atoms. The first-order valence-corrected chi connectivity index (χ1v) is 12.5. The average molecular weight is 476 g/mol. The van der Waals surface area contributed by atoms with Crippen molar-refractivity contribution >= 4 is 33.3 Å². The van der Waals surface area contributed by atoms with Crippen molar-refractivity contribution < 1.29 is 22.7 Å². The molecule has 0 saturated carbocycles. The van der Waals surface area contributed by atoms with Gasteiger partial charge in [0.2, 0.25) is 10.0 Å². The lowest BCUT2D eigenvalue weighted by molar-refractivity contribution is -0.119. The van der Waals surface area contributed by atoms with Gasteiger partial charge in [0.25, 0.3) is 5.91 Å². The van der Waals surface area contributed by atoms with Crippen LogP contribution in [0, 0.1) is 6.92 Å². The maximum absolute atomic E-state index is 12.8. The van der Waals surface area contributed by atoms with Gasteiger partial charge in [0.15, 0.2) is 6.61 Å². The fraction of sp³-hybridized carbons (Fsp3) is 0.417. The van der Waals surface area contributed by atoms with Gasteiger partial charge in [-0.05, 0) is 62.7 Å². The molecular weight excluding hydrogens is 442 g/mol. The second-order valence-corrected chi connectivity index (χ2v) is 9.35. The molecule has 0 aliphatic carbocycles. The number of esters is 1. The first-order chi connectivity index (χ1) is 15.7. The molecule has 2 aromatic carbocycles. The zero-order chi connectivity index (χ0) is 24.6. The van der Waals surface area contributed by atoms with Gasteiger partial charge >= 0.3 is 5.97 Å². The standard InChI is InChI=1S/C24H33N3O5S/c1-6-26(7-2)20-13-11-19(12-14-20)24(29)32-17-23(28)25-22-16-21(15-10-18(22)5)33(30,31)27(8-3)9-4/h10-16H,6-9,17H2,1-5H3,(H,25,28). The molecule has 9 heteroatoms. The zero-order valence-corrected chi connectivity index (χ0v) is 20.7. The third-order valence-electron chi connectivity index (χ3n) is 5.39. The minimum absolute atomic E-state index is 0.0948. The summed E-state index contributed by atoms with van der Waals surface area (Å²) in [7, 11) is -3.66. The molecule has 0 atom stereocenters. The summed E-state index contributed by atoms with van der Waals surface area (Å²) in [5.41, 5.74) is 2.40. The molecule has 1 N–H and O–H groups in total. The number of hydrogen-bond donors (Lipinski definition) is 1. The van der Waals surface area contributed by atoms with Gasteiger partial charge < -0.3 is 15.0 Å². The number of sulfonamides is 1. The molecule has 1 amide bonds. The third-order valence-corrected chi connectivity index (χ3v) is 7.44. The van der Waals surface area contributed by atoms with E-state index in [4.69, 9.17) is 4.74 Å². The predicted octanol–water partition coefficient (Wildman–Crippen LogP) is 3.67. The summed E-state index contributed by atoms with van der Waals surface area (Å²) in [5, 5.41) is 2.64. The molecular formula is C24H33N3O5S. The van der Waals surface area contributed by atoms with E-state index in [0.29, 0.717) is 29.9 Å². The van der Waals surface area contributed by atoms with E-state index in [-0.39, 0.29) is 4.90 Å². The van der Waals surface area contributed by atoms with Crippen molar-refractivity contribution in [2.75, 3.05) is 43.0 Å². The van der Waals surface area contributed by atoms with Gasteiger partial charge in [-0.1, -0.05) is 19.9 Å². The summed E-state index contributed by atoms with van der Waals surface area (Å²) >= 11 is 0. The van der Waals surface area contributed by atoms with Crippen molar-refractivity contribution in [3.05, 3.63) is 53.6 Å². The lowest BCUT2D eigenvalue weighted by Gasteiger charge is -2.21. The number of nitrogens with zero attached hydrogens (tertiary/aromatic N) is 2. The number of benzene rings is 2. The highest BCUT2D eigenvalue weighted by atomic mass is 32.2. The summed E-state index contributed by atoms with van der Waals surface area (Å²) in [5.74, 6) is -1.16. The van der Waals surface area contributed by atoms with Crippen LogP contribution in [0.4, 0.5) is 11.4 Å². The van der Waals surface area contributed by atoms with Gasteiger partial charge in [0.05, 0.1) is 10.5 Å². The van der Waals surface area contributed by atoms with Crippen molar-refractivity contribution in [1.82, 2.24) is 4.31 Å². The number of amides is 1. The Bertz CT molecular complexity index is 1060. The first kappa shape index (κ1) is 26.3. The molecule has 0 unspecified atom stereocenters. The minimum atomic E-state index is -3.66. The number of carbonyl (C=O) groups is 2. The fourth-order valence-electron chi connectivity index (χ4n) is 3.41. The molecule has 0 heterocycles. The molecule has 0 aliphatic heterocycles. The van der Waals surface area contributed by atoms with E-state index < -0.39 is 28.5 Å². The molecule has 0 aromatic heterocycles. The SMILES string of the molecule is CCN(CC)c1ccc(C(=O)OCC(=O)Nc2cc(S(=O)(=O)N(CC)CC)ccc2C)cc1. The van der Waals surface area contributed by atoms with Crippen molar-refractivity contribution in [3.63, 3.8) is 0 Å².